The van der Waals surface area contributed by atoms with E-state index in [1.54, 1.807) is 13.1 Å². The zero-order chi connectivity index (χ0) is 10.8. The van der Waals surface area contributed by atoms with Crippen LogP contribution < -0.4 is 5.73 Å². The van der Waals surface area contributed by atoms with Gasteiger partial charge in [-0.25, -0.2) is 4.98 Å². The summed E-state index contributed by atoms with van der Waals surface area (Å²) in [7, 11) is 0. The van der Waals surface area contributed by atoms with E-state index in [9.17, 15) is 4.79 Å². The molecule has 1 aliphatic heterocycles. The van der Waals surface area contributed by atoms with E-state index in [4.69, 9.17) is 5.73 Å². The van der Waals surface area contributed by atoms with E-state index >= 15 is 0 Å². The number of hydrogen-bond donors (Lipinski definition) is 1. The Kier molecular flexibility index (Phi) is 2.53. The number of carbonyl (C=O) groups excluding carboxylic acids is 1. The summed E-state index contributed by atoms with van der Waals surface area (Å²) in [6, 6.07) is 0. The van der Waals surface area contributed by atoms with E-state index in [-0.39, 0.29) is 5.91 Å². The van der Waals surface area contributed by atoms with Crippen molar-refractivity contribution >= 4 is 11.7 Å². The number of amides is 1. The molecule has 0 bridgehead atoms. The van der Waals surface area contributed by atoms with Crippen LogP contribution in [0.5, 0.6) is 0 Å². The van der Waals surface area contributed by atoms with Crippen LogP contribution in [0.2, 0.25) is 0 Å². The van der Waals surface area contributed by atoms with Gasteiger partial charge < -0.3 is 10.6 Å². The fraction of sp³-hybridized carbons (Fsp3) is 0.500. The van der Waals surface area contributed by atoms with E-state index in [2.05, 4.69) is 9.97 Å². The van der Waals surface area contributed by atoms with Gasteiger partial charge in [-0.15, -0.1) is 0 Å². The lowest BCUT2D eigenvalue weighted by Gasteiger charge is -2.17. The van der Waals surface area contributed by atoms with Crippen LogP contribution in [0, 0.1) is 0 Å². The first-order valence-corrected chi connectivity index (χ1v) is 5.02. The number of aromatic nitrogens is 2. The summed E-state index contributed by atoms with van der Waals surface area (Å²) < 4.78 is 0. The van der Waals surface area contributed by atoms with Crippen LogP contribution in [0.4, 0.5) is 5.82 Å². The van der Waals surface area contributed by atoms with E-state index in [0.717, 1.165) is 30.8 Å². The molecular weight excluding hydrogens is 192 g/mol. The Morgan fingerprint density at radius 3 is 2.73 bits per heavy atom. The smallest absolute Gasteiger partial charge is 0.219 e. The van der Waals surface area contributed by atoms with Crippen LogP contribution in [0.3, 0.4) is 0 Å². The summed E-state index contributed by atoms with van der Waals surface area (Å²) in [4.78, 5) is 21.5. The fourth-order valence-corrected chi connectivity index (χ4v) is 1.79. The van der Waals surface area contributed by atoms with Gasteiger partial charge in [0.05, 0.1) is 17.6 Å². The minimum Gasteiger partial charge on any atom is -0.382 e. The zero-order valence-electron chi connectivity index (χ0n) is 8.73. The molecule has 2 rings (SSSR count). The van der Waals surface area contributed by atoms with Crippen molar-refractivity contribution in [1.29, 1.82) is 0 Å². The van der Waals surface area contributed by atoms with Crippen molar-refractivity contribution in [1.82, 2.24) is 14.9 Å². The second kappa shape index (κ2) is 3.84. The predicted molar refractivity (Wildman–Crippen MR) is 56.1 cm³/mol. The van der Waals surface area contributed by atoms with Crippen LogP contribution in [-0.4, -0.2) is 33.9 Å². The quantitative estimate of drug-likeness (QED) is 0.648. The van der Waals surface area contributed by atoms with Crippen molar-refractivity contribution in [3.8, 4) is 0 Å². The van der Waals surface area contributed by atoms with Gasteiger partial charge in [-0.3, -0.25) is 9.78 Å². The minimum atomic E-state index is 0.107. The van der Waals surface area contributed by atoms with Crippen molar-refractivity contribution < 1.29 is 4.79 Å². The molecule has 0 saturated heterocycles. The SMILES string of the molecule is CC(=O)N1CCc2ncc(N)nc2CC1. The molecule has 1 aliphatic rings. The molecule has 0 spiro atoms. The second-order valence-corrected chi connectivity index (χ2v) is 3.69. The number of rotatable bonds is 0. The summed E-state index contributed by atoms with van der Waals surface area (Å²) in [5.74, 6) is 0.556. The van der Waals surface area contributed by atoms with Crippen LogP contribution in [0.25, 0.3) is 0 Å². The summed E-state index contributed by atoms with van der Waals surface area (Å²) in [6.45, 7) is 3.02. The van der Waals surface area contributed by atoms with Crippen LogP contribution in [-0.2, 0) is 17.6 Å². The lowest BCUT2D eigenvalue weighted by Crippen LogP contribution is -2.31. The molecule has 5 nitrogen and oxygen atoms in total. The standard InChI is InChI=1S/C10H14N4O/c1-7(15)14-4-2-8-9(3-5-14)13-10(11)6-12-8/h6H,2-5H2,1H3,(H2,11,13). The molecule has 0 aromatic carbocycles. The Bertz CT molecular complexity index is 391. The van der Waals surface area contributed by atoms with Crippen molar-refractivity contribution in [2.24, 2.45) is 0 Å². The van der Waals surface area contributed by atoms with E-state index < -0.39 is 0 Å². The molecule has 1 amide bonds. The third kappa shape index (κ3) is 2.06. The minimum absolute atomic E-state index is 0.107. The highest BCUT2D eigenvalue weighted by Crippen LogP contribution is 2.12. The monoisotopic (exact) mass is 206 g/mol. The Labute approximate surface area is 88.3 Å². The average molecular weight is 206 g/mol. The second-order valence-electron chi connectivity index (χ2n) is 3.69. The van der Waals surface area contributed by atoms with Crippen LogP contribution in [0.15, 0.2) is 6.20 Å². The highest BCUT2D eigenvalue weighted by atomic mass is 16.2. The third-order valence-electron chi connectivity index (χ3n) is 2.63. The number of carbonyl (C=O) groups is 1. The zero-order valence-corrected chi connectivity index (χ0v) is 8.73. The van der Waals surface area contributed by atoms with Gasteiger partial charge in [-0.1, -0.05) is 0 Å². The molecular formula is C10H14N4O. The van der Waals surface area contributed by atoms with Crippen molar-refractivity contribution in [2.45, 2.75) is 19.8 Å². The highest BCUT2D eigenvalue weighted by Gasteiger charge is 2.17. The Balaban J connectivity index is 2.21. The molecule has 0 aliphatic carbocycles. The molecule has 0 radical (unpaired) electrons. The molecule has 5 heteroatoms. The van der Waals surface area contributed by atoms with Gasteiger partial charge in [0, 0.05) is 32.9 Å². The number of nitrogens with zero attached hydrogens (tertiary/aromatic N) is 3. The normalized spacial score (nSPS) is 15.7. The lowest BCUT2D eigenvalue weighted by molar-refractivity contribution is -0.128. The highest BCUT2D eigenvalue weighted by molar-refractivity contribution is 5.73. The van der Waals surface area contributed by atoms with E-state index in [0.29, 0.717) is 12.4 Å². The summed E-state index contributed by atoms with van der Waals surface area (Å²) in [5.41, 5.74) is 7.47. The van der Waals surface area contributed by atoms with Gasteiger partial charge in [-0.05, 0) is 0 Å². The van der Waals surface area contributed by atoms with Gasteiger partial charge in [0.15, 0.2) is 0 Å². The van der Waals surface area contributed by atoms with Gasteiger partial charge in [0.25, 0.3) is 0 Å². The third-order valence-corrected chi connectivity index (χ3v) is 2.63. The maximum atomic E-state index is 11.2. The summed E-state index contributed by atoms with van der Waals surface area (Å²) >= 11 is 0. The molecule has 2 heterocycles. The van der Waals surface area contributed by atoms with Crippen LogP contribution >= 0.6 is 0 Å². The van der Waals surface area contributed by atoms with Crippen molar-refractivity contribution in [3.05, 3.63) is 17.6 Å². The average Bonchev–Trinajstić information content (AvgIpc) is 2.39. The van der Waals surface area contributed by atoms with Gasteiger partial charge in [0.2, 0.25) is 5.91 Å². The first-order chi connectivity index (χ1) is 7.16. The Hall–Kier alpha value is -1.65. The topological polar surface area (TPSA) is 72.1 Å². The number of anilines is 1. The number of nitrogens with two attached hydrogens (primary N) is 1. The van der Waals surface area contributed by atoms with Crippen molar-refractivity contribution in [3.63, 3.8) is 0 Å². The van der Waals surface area contributed by atoms with Gasteiger partial charge in [0.1, 0.15) is 5.82 Å². The van der Waals surface area contributed by atoms with Crippen LogP contribution in [0.1, 0.15) is 18.3 Å². The molecule has 0 atom stereocenters. The largest absolute Gasteiger partial charge is 0.382 e. The van der Waals surface area contributed by atoms with Gasteiger partial charge >= 0.3 is 0 Å². The lowest BCUT2D eigenvalue weighted by atomic mass is 10.2. The maximum absolute atomic E-state index is 11.2. The molecule has 0 unspecified atom stereocenters. The molecule has 1 aromatic heterocycles. The number of fused-ring (bicyclic) bond motifs is 1. The first kappa shape index (κ1) is 9.89. The van der Waals surface area contributed by atoms with Crippen molar-refractivity contribution in [2.75, 3.05) is 18.8 Å². The molecule has 15 heavy (non-hydrogen) atoms. The fourth-order valence-electron chi connectivity index (χ4n) is 1.79. The van der Waals surface area contributed by atoms with E-state index in [1.165, 1.54) is 0 Å². The number of nitrogen functional groups attached to an aromatic ring is 1. The predicted octanol–water partition coefficient (Wildman–Crippen LogP) is 0.00590. The number of hydrogen-bond acceptors (Lipinski definition) is 4. The molecule has 80 valence electrons. The molecule has 0 saturated carbocycles. The molecule has 0 fully saturated rings. The maximum Gasteiger partial charge on any atom is 0.219 e. The Morgan fingerprint density at radius 2 is 2.07 bits per heavy atom. The Morgan fingerprint density at radius 1 is 1.40 bits per heavy atom. The van der Waals surface area contributed by atoms with Gasteiger partial charge in [-0.2, -0.15) is 0 Å². The summed E-state index contributed by atoms with van der Waals surface area (Å²) in [5, 5.41) is 0. The summed E-state index contributed by atoms with van der Waals surface area (Å²) in [6.07, 6.45) is 3.08. The van der Waals surface area contributed by atoms with E-state index in [1.807, 2.05) is 4.90 Å². The first-order valence-electron chi connectivity index (χ1n) is 5.02. The molecule has 2 N–H and O–H groups in total. The molecule has 1 aromatic rings.